The molecule has 0 aromatic carbocycles. The number of nitrogens with zero attached hydrogens (tertiary/aromatic N) is 3. The van der Waals surface area contributed by atoms with Crippen molar-refractivity contribution in [3.05, 3.63) is 22.8 Å². The number of carbonyl (C=O) groups excluding carboxylic acids is 1. The topological polar surface area (TPSA) is 65.9 Å². The Hall–Kier alpha value is -1.37. The zero-order valence-corrected chi connectivity index (χ0v) is 12.1. The highest BCUT2D eigenvalue weighted by atomic mass is 35.5. The predicted molar refractivity (Wildman–Crippen MR) is 76.3 cm³/mol. The summed E-state index contributed by atoms with van der Waals surface area (Å²) in [7, 11) is 1.34. The fourth-order valence-electron chi connectivity index (χ4n) is 2.22. The molecular formula is C13H18ClN3O3. The van der Waals surface area contributed by atoms with Crippen LogP contribution in [0.25, 0.3) is 0 Å². The van der Waals surface area contributed by atoms with E-state index < -0.39 is 5.97 Å². The summed E-state index contributed by atoms with van der Waals surface area (Å²) >= 11 is 5.96. The van der Waals surface area contributed by atoms with E-state index in [0.29, 0.717) is 17.9 Å². The van der Waals surface area contributed by atoms with Crippen molar-refractivity contribution < 1.29 is 14.6 Å². The summed E-state index contributed by atoms with van der Waals surface area (Å²) in [5, 5.41) is 9.20. The Labute approximate surface area is 122 Å². The highest BCUT2D eigenvalue weighted by Gasteiger charge is 2.19. The number of aliphatic hydroxyl groups excluding tert-OH is 1. The fraction of sp³-hybridized carbons (Fsp3) is 0.538. The van der Waals surface area contributed by atoms with Gasteiger partial charge < -0.3 is 14.7 Å². The lowest BCUT2D eigenvalue weighted by molar-refractivity contribution is 0.0600. The van der Waals surface area contributed by atoms with Crippen molar-refractivity contribution in [2.45, 2.75) is 0 Å². The van der Waals surface area contributed by atoms with E-state index in [4.69, 9.17) is 21.4 Å². The maximum Gasteiger partial charge on any atom is 0.338 e. The second-order valence-corrected chi connectivity index (χ2v) is 4.97. The number of anilines is 1. The number of piperazine rings is 1. The molecule has 2 heterocycles. The number of pyridine rings is 1. The molecule has 1 N–H and O–H groups in total. The average molecular weight is 300 g/mol. The van der Waals surface area contributed by atoms with E-state index in [1.165, 1.54) is 13.2 Å². The first-order valence-corrected chi connectivity index (χ1v) is 6.86. The Morgan fingerprint density at radius 2 is 2.10 bits per heavy atom. The molecule has 1 saturated heterocycles. The van der Waals surface area contributed by atoms with Gasteiger partial charge in [0.05, 0.1) is 19.3 Å². The molecule has 0 aliphatic carbocycles. The first-order chi connectivity index (χ1) is 9.63. The van der Waals surface area contributed by atoms with Crippen LogP contribution in [0.15, 0.2) is 12.1 Å². The molecule has 0 bridgehead atoms. The van der Waals surface area contributed by atoms with Gasteiger partial charge in [-0.05, 0) is 12.1 Å². The molecule has 1 aromatic heterocycles. The number of carbonyl (C=O) groups is 1. The van der Waals surface area contributed by atoms with E-state index in [1.807, 2.05) is 0 Å². The predicted octanol–water partition coefficient (Wildman–Crippen LogP) is 0.636. The van der Waals surface area contributed by atoms with Crippen molar-refractivity contribution >= 4 is 23.4 Å². The van der Waals surface area contributed by atoms with Gasteiger partial charge in [0.25, 0.3) is 0 Å². The molecule has 0 unspecified atom stereocenters. The Morgan fingerprint density at radius 3 is 2.70 bits per heavy atom. The Kier molecular flexibility index (Phi) is 5.17. The number of aliphatic hydroxyl groups is 1. The van der Waals surface area contributed by atoms with Crippen LogP contribution in [0.4, 0.5) is 5.82 Å². The highest BCUT2D eigenvalue weighted by molar-refractivity contribution is 6.29. The zero-order chi connectivity index (χ0) is 14.5. The minimum Gasteiger partial charge on any atom is -0.465 e. The van der Waals surface area contributed by atoms with Crippen LogP contribution >= 0.6 is 11.6 Å². The van der Waals surface area contributed by atoms with Gasteiger partial charge in [-0.3, -0.25) is 4.90 Å². The SMILES string of the molecule is COC(=O)c1cc(Cl)nc(N2CCN(CCO)CC2)c1. The summed E-state index contributed by atoms with van der Waals surface area (Å²) in [5.41, 5.74) is 0.403. The minimum atomic E-state index is -0.422. The Bertz CT molecular complexity index is 476. The monoisotopic (exact) mass is 299 g/mol. The van der Waals surface area contributed by atoms with Crippen LogP contribution in [0.5, 0.6) is 0 Å². The largest absolute Gasteiger partial charge is 0.465 e. The summed E-state index contributed by atoms with van der Waals surface area (Å²) in [4.78, 5) is 20.1. The van der Waals surface area contributed by atoms with Gasteiger partial charge in [-0.25, -0.2) is 9.78 Å². The minimum absolute atomic E-state index is 0.169. The van der Waals surface area contributed by atoms with Gasteiger partial charge in [-0.2, -0.15) is 0 Å². The summed E-state index contributed by atoms with van der Waals surface area (Å²) in [6.07, 6.45) is 0. The highest BCUT2D eigenvalue weighted by Crippen LogP contribution is 2.20. The van der Waals surface area contributed by atoms with E-state index in [9.17, 15) is 4.79 Å². The van der Waals surface area contributed by atoms with Gasteiger partial charge in [0, 0.05) is 32.7 Å². The van der Waals surface area contributed by atoms with Crippen LogP contribution < -0.4 is 4.90 Å². The third-order valence-corrected chi connectivity index (χ3v) is 3.51. The molecule has 1 fully saturated rings. The van der Waals surface area contributed by atoms with Crippen LogP contribution in [0.3, 0.4) is 0 Å². The number of esters is 1. The molecule has 1 aliphatic rings. The fourth-order valence-corrected chi connectivity index (χ4v) is 2.43. The van der Waals surface area contributed by atoms with Crippen LogP contribution in [-0.4, -0.2) is 67.4 Å². The zero-order valence-electron chi connectivity index (χ0n) is 11.4. The molecule has 1 aromatic rings. The molecule has 1 aliphatic heterocycles. The maximum absolute atomic E-state index is 11.6. The van der Waals surface area contributed by atoms with Crippen molar-refractivity contribution in [2.24, 2.45) is 0 Å². The van der Waals surface area contributed by atoms with Gasteiger partial charge in [-0.1, -0.05) is 11.6 Å². The second kappa shape index (κ2) is 6.88. The molecule has 20 heavy (non-hydrogen) atoms. The number of aromatic nitrogens is 1. The Morgan fingerprint density at radius 1 is 1.40 bits per heavy atom. The molecule has 0 saturated carbocycles. The number of hydrogen-bond acceptors (Lipinski definition) is 6. The van der Waals surface area contributed by atoms with E-state index >= 15 is 0 Å². The number of rotatable bonds is 4. The normalized spacial score (nSPS) is 16.2. The number of β-amino-alcohol motifs (C(OH)–C–C–N with tert-alkyl or cyclic N) is 1. The van der Waals surface area contributed by atoms with Gasteiger partial charge in [0.15, 0.2) is 0 Å². The van der Waals surface area contributed by atoms with Gasteiger partial charge in [-0.15, -0.1) is 0 Å². The molecule has 0 atom stereocenters. The number of ether oxygens (including phenoxy) is 1. The lowest BCUT2D eigenvalue weighted by atomic mass is 10.2. The van der Waals surface area contributed by atoms with Crippen LogP contribution in [0.2, 0.25) is 5.15 Å². The molecule has 0 radical (unpaired) electrons. The van der Waals surface area contributed by atoms with Gasteiger partial charge in [0.2, 0.25) is 0 Å². The third-order valence-electron chi connectivity index (χ3n) is 3.31. The van der Waals surface area contributed by atoms with Gasteiger partial charge in [0.1, 0.15) is 11.0 Å². The van der Waals surface area contributed by atoms with Crippen LogP contribution in [0.1, 0.15) is 10.4 Å². The van der Waals surface area contributed by atoms with E-state index in [0.717, 1.165) is 26.2 Å². The van der Waals surface area contributed by atoms with Crippen LogP contribution in [-0.2, 0) is 4.74 Å². The van der Waals surface area contributed by atoms with Crippen molar-refractivity contribution in [2.75, 3.05) is 51.3 Å². The molecule has 7 heteroatoms. The average Bonchev–Trinajstić information content (AvgIpc) is 2.47. The molecule has 0 spiro atoms. The lowest BCUT2D eigenvalue weighted by Gasteiger charge is -2.35. The first kappa shape index (κ1) is 15.0. The Balaban J connectivity index is 2.09. The van der Waals surface area contributed by atoms with Crippen molar-refractivity contribution in [3.8, 4) is 0 Å². The lowest BCUT2D eigenvalue weighted by Crippen LogP contribution is -2.47. The molecule has 0 amide bonds. The molecular weight excluding hydrogens is 282 g/mol. The summed E-state index contributed by atoms with van der Waals surface area (Å²) in [6.45, 7) is 4.12. The van der Waals surface area contributed by atoms with E-state index in [1.54, 1.807) is 6.07 Å². The maximum atomic E-state index is 11.6. The van der Waals surface area contributed by atoms with E-state index in [-0.39, 0.29) is 11.8 Å². The number of methoxy groups -OCH3 is 1. The molecule has 6 nitrogen and oxygen atoms in total. The summed E-state index contributed by atoms with van der Waals surface area (Å²) < 4.78 is 4.70. The third kappa shape index (κ3) is 3.59. The molecule has 110 valence electrons. The summed E-state index contributed by atoms with van der Waals surface area (Å²) in [5.74, 6) is 0.260. The van der Waals surface area contributed by atoms with Crippen molar-refractivity contribution in [1.82, 2.24) is 9.88 Å². The second-order valence-electron chi connectivity index (χ2n) is 4.58. The number of halogens is 1. The number of hydrogen-bond donors (Lipinski definition) is 1. The van der Waals surface area contributed by atoms with Crippen LogP contribution in [0, 0.1) is 0 Å². The van der Waals surface area contributed by atoms with Gasteiger partial charge >= 0.3 is 5.97 Å². The van der Waals surface area contributed by atoms with Crippen molar-refractivity contribution in [1.29, 1.82) is 0 Å². The van der Waals surface area contributed by atoms with E-state index in [2.05, 4.69) is 14.8 Å². The molecule has 2 rings (SSSR count). The standard InChI is InChI=1S/C13H18ClN3O3/c1-20-13(19)10-8-11(14)15-12(9-10)17-4-2-16(3-5-17)6-7-18/h8-9,18H,2-7H2,1H3. The quantitative estimate of drug-likeness (QED) is 0.650. The smallest absolute Gasteiger partial charge is 0.338 e. The summed E-state index contributed by atoms with van der Waals surface area (Å²) in [6, 6.07) is 3.19. The first-order valence-electron chi connectivity index (χ1n) is 6.48. The van der Waals surface area contributed by atoms with Crippen molar-refractivity contribution in [3.63, 3.8) is 0 Å².